The van der Waals surface area contributed by atoms with E-state index < -0.39 is 5.54 Å². The van der Waals surface area contributed by atoms with E-state index in [1.807, 2.05) is 88.4 Å². The normalized spacial score (nSPS) is 17.9. The van der Waals surface area contributed by atoms with Gasteiger partial charge in [0.1, 0.15) is 5.54 Å². The Labute approximate surface area is 183 Å². The van der Waals surface area contributed by atoms with Crippen molar-refractivity contribution in [1.29, 1.82) is 0 Å². The van der Waals surface area contributed by atoms with Crippen molar-refractivity contribution in [3.8, 4) is 0 Å². The van der Waals surface area contributed by atoms with Crippen LogP contribution in [0.2, 0.25) is 0 Å². The van der Waals surface area contributed by atoms with Crippen LogP contribution in [0.3, 0.4) is 0 Å². The lowest BCUT2D eigenvalue weighted by molar-refractivity contribution is -0.126. The van der Waals surface area contributed by atoms with Gasteiger partial charge in [0.25, 0.3) is 5.91 Å². The summed E-state index contributed by atoms with van der Waals surface area (Å²) in [5.41, 5.74) is 5.61. The van der Waals surface area contributed by atoms with Crippen molar-refractivity contribution in [2.45, 2.75) is 46.2 Å². The van der Waals surface area contributed by atoms with Crippen LogP contribution in [-0.4, -0.2) is 17.4 Å². The summed E-state index contributed by atoms with van der Waals surface area (Å²) in [4.78, 5) is 28.9. The average Bonchev–Trinajstić information content (AvgIpc) is 2.72. The maximum absolute atomic E-state index is 13.6. The maximum Gasteiger partial charge on any atom is 0.259 e. The van der Waals surface area contributed by atoms with Crippen molar-refractivity contribution >= 4 is 17.5 Å². The fraction of sp³-hybridized carbons (Fsp3) is 0.259. The molecule has 0 aliphatic carbocycles. The largest absolute Gasteiger partial charge is 0.350 e. The Kier molecular flexibility index (Phi) is 5.40. The van der Waals surface area contributed by atoms with Crippen molar-refractivity contribution in [3.05, 3.63) is 100 Å². The Balaban J connectivity index is 1.73. The van der Waals surface area contributed by atoms with Crippen molar-refractivity contribution in [1.82, 2.24) is 5.32 Å². The van der Waals surface area contributed by atoms with Gasteiger partial charge in [-0.2, -0.15) is 0 Å². The second kappa shape index (κ2) is 8.03. The van der Waals surface area contributed by atoms with E-state index in [-0.39, 0.29) is 11.8 Å². The zero-order valence-corrected chi connectivity index (χ0v) is 18.5. The molecule has 4 rings (SSSR count). The molecule has 1 aliphatic heterocycles. The molecule has 3 aromatic carbocycles. The summed E-state index contributed by atoms with van der Waals surface area (Å²) in [5, 5.41) is 3.08. The van der Waals surface area contributed by atoms with Gasteiger partial charge in [-0.1, -0.05) is 54.1 Å². The molecule has 31 heavy (non-hydrogen) atoms. The number of carbonyl (C=O) groups excluding carboxylic acids is 2. The van der Waals surface area contributed by atoms with E-state index in [1.54, 1.807) is 4.90 Å². The molecule has 0 unspecified atom stereocenters. The summed E-state index contributed by atoms with van der Waals surface area (Å²) in [5.74, 6) is -0.296. The van der Waals surface area contributed by atoms with Gasteiger partial charge >= 0.3 is 0 Å². The number of hydrogen-bond donors (Lipinski definition) is 1. The summed E-state index contributed by atoms with van der Waals surface area (Å²) in [6.45, 7) is 8.34. The van der Waals surface area contributed by atoms with E-state index in [0.29, 0.717) is 18.5 Å². The van der Waals surface area contributed by atoms with Gasteiger partial charge in [0.15, 0.2) is 0 Å². The van der Waals surface area contributed by atoms with Gasteiger partial charge in [-0.3, -0.25) is 14.5 Å². The molecule has 4 heteroatoms. The first-order valence-corrected chi connectivity index (χ1v) is 10.6. The molecule has 4 nitrogen and oxygen atoms in total. The minimum absolute atomic E-state index is 0.139. The van der Waals surface area contributed by atoms with Crippen LogP contribution < -0.4 is 10.2 Å². The third-order valence-corrected chi connectivity index (χ3v) is 6.01. The number of amides is 2. The summed E-state index contributed by atoms with van der Waals surface area (Å²) in [7, 11) is 0. The molecule has 1 aliphatic rings. The second-order valence-electron chi connectivity index (χ2n) is 8.76. The van der Waals surface area contributed by atoms with Crippen molar-refractivity contribution in [2.75, 3.05) is 4.90 Å². The molecule has 0 bridgehead atoms. The van der Waals surface area contributed by atoms with Crippen LogP contribution in [-0.2, 0) is 17.8 Å². The van der Waals surface area contributed by atoms with E-state index in [2.05, 4.69) is 11.4 Å². The predicted octanol–water partition coefficient (Wildman–Crippen LogP) is 4.89. The lowest BCUT2D eigenvalue weighted by Crippen LogP contribution is -2.63. The number of nitrogens with one attached hydrogen (secondary N) is 1. The number of anilines is 1. The minimum Gasteiger partial charge on any atom is -0.350 e. The fourth-order valence-electron chi connectivity index (χ4n) is 4.42. The van der Waals surface area contributed by atoms with Crippen molar-refractivity contribution in [3.63, 3.8) is 0 Å². The number of fused-ring (bicyclic) bond motifs is 1. The Morgan fingerprint density at radius 3 is 2.26 bits per heavy atom. The summed E-state index contributed by atoms with van der Waals surface area (Å²) in [6, 6.07) is 21.7. The molecular formula is C27H28N2O2. The quantitative estimate of drug-likeness (QED) is 0.663. The maximum atomic E-state index is 13.6. The minimum atomic E-state index is -1.03. The van der Waals surface area contributed by atoms with Gasteiger partial charge in [-0.25, -0.2) is 0 Å². The zero-order chi connectivity index (χ0) is 22.2. The first-order valence-electron chi connectivity index (χ1n) is 10.6. The topological polar surface area (TPSA) is 49.4 Å². The molecule has 1 heterocycles. The van der Waals surface area contributed by atoms with Crippen LogP contribution >= 0.6 is 0 Å². The molecule has 0 radical (unpaired) electrons. The second-order valence-corrected chi connectivity index (χ2v) is 8.76. The molecule has 2 amide bonds. The van der Waals surface area contributed by atoms with Gasteiger partial charge in [-0.05, 0) is 68.1 Å². The number of carbonyl (C=O) groups is 2. The monoisotopic (exact) mass is 412 g/mol. The number of benzene rings is 3. The summed E-state index contributed by atoms with van der Waals surface area (Å²) >= 11 is 0. The Bertz CT molecular complexity index is 1130. The number of nitrogens with zero attached hydrogens (tertiary/aromatic N) is 1. The highest BCUT2D eigenvalue weighted by Gasteiger charge is 2.47. The number of rotatable bonds is 4. The Morgan fingerprint density at radius 1 is 0.935 bits per heavy atom. The highest BCUT2D eigenvalue weighted by molar-refractivity contribution is 6.14. The van der Waals surface area contributed by atoms with Gasteiger partial charge in [0, 0.05) is 24.2 Å². The van der Waals surface area contributed by atoms with Crippen LogP contribution in [0.15, 0.2) is 66.7 Å². The van der Waals surface area contributed by atoms with Gasteiger partial charge < -0.3 is 5.32 Å². The van der Waals surface area contributed by atoms with E-state index in [1.165, 1.54) is 5.56 Å². The van der Waals surface area contributed by atoms with Crippen LogP contribution in [0.1, 0.15) is 45.1 Å². The fourth-order valence-corrected chi connectivity index (χ4v) is 4.42. The molecule has 3 aromatic rings. The van der Waals surface area contributed by atoms with E-state index in [9.17, 15) is 9.59 Å². The van der Waals surface area contributed by atoms with E-state index in [0.717, 1.165) is 27.9 Å². The highest BCUT2D eigenvalue weighted by Crippen LogP contribution is 2.36. The molecule has 158 valence electrons. The lowest BCUT2D eigenvalue weighted by atomic mass is 9.82. The first kappa shape index (κ1) is 20.9. The van der Waals surface area contributed by atoms with Crippen LogP contribution in [0.5, 0.6) is 0 Å². The van der Waals surface area contributed by atoms with E-state index in [4.69, 9.17) is 0 Å². The summed E-state index contributed by atoms with van der Waals surface area (Å²) < 4.78 is 0. The lowest BCUT2D eigenvalue weighted by Gasteiger charge is -2.44. The first-order chi connectivity index (χ1) is 14.8. The molecule has 0 aromatic heterocycles. The smallest absolute Gasteiger partial charge is 0.259 e. The third kappa shape index (κ3) is 3.98. The summed E-state index contributed by atoms with van der Waals surface area (Å²) in [6.07, 6.45) is 0.460. The Morgan fingerprint density at radius 2 is 1.58 bits per heavy atom. The highest BCUT2D eigenvalue weighted by atomic mass is 16.2. The third-order valence-electron chi connectivity index (χ3n) is 6.01. The molecular weight excluding hydrogens is 384 g/mol. The van der Waals surface area contributed by atoms with Crippen LogP contribution in [0.25, 0.3) is 0 Å². The SMILES string of the molecule is Cc1ccc(CNC(=O)[C@]2(C)Cc3ccccc3C(=O)N2c2cc(C)cc(C)c2)cc1. The van der Waals surface area contributed by atoms with Gasteiger partial charge in [0.2, 0.25) is 5.91 Å². The number of hydrogen-bond acceptors (Lipinski definition) is 2. The molecule has 0 saturated heterocycles. The standard InChI is InChI=1S/C27H28N2O2/c1-18-9-11-21(12-10-18)17-28-26(31)27(4)16-22-7-5-6-8-24(22)25(30)29(27)23-14-19(2)13-20(3)15-23/h5-15H,16-17H2,1-4H3,(H,28,31)/t27-/m0/s1. The van der Waals surface area contributed by atoms with Crippen molar-refractivity contribution < 1.29 is 9.59 Å². The van der Waals surface area contributed by atoms with Crippen molar-refractivity contribution in [2.24, 2.45) is 0 Å². The molecule has 0 fully saturated rings. The predicted molar refractivity (Wildman–Crippen MR) is 124 cm³/mol. The van der Waals surface area contributed by atoms with Crippen LogP contribution in [0.4, 0.5) is 5.69 Å². The molecule has 0 spiro atoms. The van der Waals surface area contributed by atoms with E-state index >= 15 is 0 Å². The molecule has 1 N–H and O–H groups in total. The van der Waals surface area contributed by atoms with Crippen LogP contribution in [0, 0.1) is 20.8 Å². The Hall–Kier alpha value is -3.40. The molecule has 1 atom stereocenters. The van der Waals surface area contributed by atoms with Gasteiger partial charge in [-0.15, -0.1) is 0 Å². The number of aryl methyl sites for hydroxylation is 3. The zero-order valence-electron chi connectivity index (χ0n) is 18.5. The average molecular weight is 413 g/mol. The van der Waals surface area contributed by atoms with Gasteiger partial charge in [0.05, 0.1) is 0 Å². The molecule has 0 saturated carbocycles.